The van der Waals surface area contributed by atoms with E-state index in [0.29, 0.717) is 0 Å². The molecule has 0 N–H and O–H groups in total. The molecule has 0 heterocycles. The average molecular weight is 185 g/mol. The van der Waals surface area contributed by atoms with Crippen LogP contribution in [0.5, 0.6) is 5.75 Å². The minimum Gasteiger partial charge on any atom is -0.475 e. The first-order chi connectivity index (χ1) is 5.58. The van der Waals surface area contributed by atoms with Crippen molar-refractivity contribution in [3.63, 3.8) is 0 Å². The molecule has 0 amide bonds. The fraction of sp³-hybridized carbons (Fsp3) is 0.400. The molecular weight excluding hydrogens is 172 g/mol. The van der Waals surface area contributed by atoms with E-state index in [1.807, 2.05) is 26.0 Å². The number of rotatable bonds is 2. The van der Waals surface area contributed by atoms with Gasteiger partial charge in [-0.15, -0.1) is 0 Å². The minimum atomic E-state index is -0.272. The maximum absolute atomic E-state index is 5.69. The van der Waals surface area contributed by atoms with Gasteiger partial charge in [-0.25, -0.2) is 0 Å². The molecule has 0 aliphatic heterocycles. The van der Waals surface area contributed by atoms with Crippen molar-refractivity contribution in [1.29, 1.82) is 0 Å². The molecule has 0 spiro atoms. The van der Waals surface area contributed by atoms with Crippen molar-refractivity contribution in [3.05, 3.63) is 29.3 Å². The van der Waals surface area contributed by atoms with Crippen molar-refractivity contribution in [2.45, 2.75) is 26.3 Å². The molecule has 1 aromatic rings. The molecule has 1 atom stereocenters. The van der Waals surface area contributed by atoms with Crippen LogP contribution in [0, 0.1) is 13.8 Å². The second-order valence-electron chi connectivity index (χ2n) is 2.98. The lowest BCUT2D eigenvalue weighted by Crippen LogP contribution is -2.02. The Morgan fingerprint density at radius 3 is 2.08 bits per heavy atom. The Morgan fingerprint density at radius 2 is 1.67 bits per heavy atom. The summed E-state index contributed by atoms with van der Waals surface area (Å²) in [6, 6.07) is 6.06. The number of alkyl halides is 1. The van der Waals surface area contributed by atoms with Crippen LogP contribution in [0.25, 0.3) is 0 Å². The summed E-state index contributed by atoms with van der Waals surface area (Å²) in [4.78, 5) is 0. The lowest BCUT2D eigenvalue weighted by molar-refractivity contribution is 0.301. The van der Waals surface area contributed by atoms with Gasteiger partial charge in [0.2, 0.25) is 0 Å². The maximum Gasteiger partial charge on any atom is 0.169 e. The number of aryl methyl sites for hydroxylation is 2. The third kappa shape index (κ3) is 2.74. The van der Waals surface area contributed by atoms with E-state index in [1.165, 1.54) is 11.1 Å². The topological polar surface area (TPSA) is 9.23 Å². The zero-order valence-electron chi connectivity index (χ0n) is 7.60. The van der Waals surface area contributed by atoms with Gasteiger partial charge >= 0.3 is 0 Å². The highest BCUT2D eigenvalue weighted by molar-refractivity contribution is 6.19. The first-order valence-corrected chi connectivity index (χ1v) is 4.40. The highest BCUT2D eigenvalue weighted by atomic mass is 35.5. The zero-order valence-corrected chi connectivity index (χ0v) is 8.35. The van der Waals surface area contributed by atoms with Crippen molar-refractivity contribution in [3.8, 4) is 5.75 Å². The van der Waals surface area contributed by atoms with Crippen LogP contribution < -0.4 is 4.74 Å². The molecule has 1 aromatic carbocycles. The molecule has 0 aliphatic rings. The van der Waals surface area contributed by atoms with E-state index in [9.17, 15) is 0 Å². The van der Waals surface area contributed by atoms with Gasteiger partial charge in [0.1, 0.15) is 5.75 Å². The summed E-state index contributed by atoms with van der Waals surface area (Å²) in [5.74, 6) is 0.843. The fourth-order valence-electron chi connectivity index (χ4n) is 1.19. The average Bonchev–Trinajstić information content (AvgIpc) is 1.81. The van der Waals surface area contributed by atoms with Crippen molar-refractivity contribution in [2.24, 2.45) is 0 Å². The van der Waals surface area contributed by atoms with Crippen LogP contribution in [-0.4, -0.2) is 5.56 Å². The molecule has 1 rings (SSSR count). The zero-order chi connectivity index (χ0) is 9.14. The first-order valence-electron chi connectivity index (χ1n) is 3.97. The second kappa shape index (κ2) is 3.81. The van der Waals surface area contributed by atoms with Gasteiger partial charge in [-0.3, -0.25) is 0 Å². The van der Waals surface area contributed by atoms with E-state index in [2.05, 4.69) is 6.07 Å². The molecule has 0 aromatic heterocycles. The van der Waals surface area contributed by atoms with Gasteiger partial charge < -0.3 is 4.74 Å². The van der Waals surface area contributed by atoms with Gasteiger partial charge in [0.25, 0.3) is 0 Å². The smallest absolute Gasteiger partial charge is 0.169 e. The summed E-state index contributed by atoms with van der Waals surface area (Å²) in [5.41, 5.74) is 2.12. The summed E-state index contributed by atoms with van der Waals surface area (Å²) < 4.78 is 5.34. The van der Waals surface area contributed by atoms with Gasteiger partial charge in [0.15, 0.2) is 5.56 Å². The molecule has 2 heteroatoms. The lowest BCUT2D eigenvalue weighted by atomic mass is 10.1. The molecule has 0 fully saturated rings. The molecule has 0 saturated heterocycles. The molecule has 12 heavy (non-hydrogen) atoms. The Balaban J connectivity index is 2.85. The molecular formula is C10H13ClO. The van der Waals surface area contributed by atoms with Crippen LogP contribution in [0.3, 0.4) is 0 Å². The van der Waals surface area contributed by atoms with Crippen molar-refractivity contribution in [2.75, 3.05) is 0 Å². The van der Waals surface area contributed by atoms with E-state index in [1.54, 1.807) is 6.92 Å². The van der Waals surface area contributed by atoms with E-state index in [4.69, 9.17) is 16.3 Å². The summed E-state index contributed by atoms with van der Waals surface area (Å²) in [6.45, 7) is 5.89. The predicted molar refractivity (Wildman–Crippen MR) is 51.9 cm³/mol. The summed E-state index contributed by atoms with van der Waals surface area (Å²) >= 11 is 5.69. The second-order valence-corrected chi connectivity index (χ2v) is 3.60. The van der Waals surface area contributed by atoms with Crippen LogP contribution in [0.2, 0.25) is 0 Å². The molecule has 66 valence electrons. The number of benzene rings is 1. The lowest BCUT2D eigenvalue weighted by Gasteiger charge is -2.09. The van der Waals surface area contributed by atoms with Gasteiger partial charge in [-0.1, -0.05) is 17.7 Å². The fourth-order valence-corrected chi connectivity index (χ4v) is 1.29. The Morgan fingerprint density at radius 1 is 1.17 bits per heavy atom. The van der Waals surface area contributed by atoms with E-state index in [0.717, 1.165) is 5.75 Å². The van der Waals surface area contributed by atoms with Gasteiger partial charge in [-0.05, 0) is 44.0 Å². The quantitative estimate of drug-likeness (QED) is 0.642. The van der Waals surface area contributed by atoms with Crippen molar-refractivity contribution in [1.82, 2.24) is 0 Å². The molecule has 0 bridgehead atoms. The number of ether oxygens (including phenoxy) is 1. The van der Waals surface area contributed by atoms with Crippen molar-refractivity contribution >= 4 is 11.6 Å². The number of halogens is 1. The largest absolute Gasteiger partial charge is 0.475 e. The monoisotopic (exact) mass is 184 g/mol. The van der Waals surface area contributed by atoms with Crippen LogP contribution >= 0.6 is 11.6 Å². The SMILES string of the molecule is Cc1cc(C)cc(OC(C)Cl)c1. The van der Waals surface area contributed by atoms with Crippen LogP contribution in [0.4, 0.5) is 0 Å². The van der Waals surface area contributed by atoms with Gasteiger partial charge in [0, 0.05) is 0 Å². The number of hydrogen-bond donors (Lipinski definition) is 0. The van der Waals surface area contributed by atoms with E-state index in [-0.39, 0.29) is 5.56 Å². The standard InChI is InChI=1S/C10H13ClO/c1-7-4-8(2)6-10(5-7)12-9(3)11/h4-6,9H,1-3H3. The summed E-state index contributed by atoms with van der Waals surface area (Å²) in [5, 5.41) is 0. The van der Waals surface area contributed by atoms with Crippen LogP contribution in [0.1, 0.15) is 18.1 Å². The van der Waals surface area contributed by atoms with Crippen LogP contribution in [0.15, 0.2) is 18.2 Å². The molecule has 0 aliphatic carbocycles. The Labute approximate surface area is 78.3 Å². The highest BCUT2D eigenvalue weighted by Gasteiger charge is 1.99. The summed E-state index contributed by atoms with van der Waals surface area (Å²) in [6.07, 6.45) is 0. The normalized spacial score (nSPS) is 12.7. The van der Waals surface area contributed by atoms with Crippen LogP contribution in [-0.2, 0) is 0 Å². The number of hydrogen-bond acceptors (Lipinski definition) is 1. The van der Waals surface area contributed by atoms with E-state index < -0.39 is 0 Å². The maximum atomic E-state index is 5.69. The third-order valence-corrected chi connectivity index (χ3v) is 1.58. The summed E-state index contributed by atoms with van der Waals surface area (Å²) in [7, 11) is 0. The Kier molecular flexibility index (Phi) is 2.99. The Hall–Kier alpha value is -0.690. The Bertz CT molecular complexity index is 248. The predicted octanol–water partition coefficient (Wildman–Crippen LogP) is 3.27. The molecule has 1 unspecified atom stereocenters. The molecule has 0 saturated carbocycles. The van der Waals surface area contributed by atoms with Gasteiger partial charge in [-0.2, -0.15) is 0 Å². The highest BCUT2D eigenvalue weighted by Crippen LogP contribution is 2.18. The first kappa shape index (κ1) is 9.40. The third-order valence-electron chi connectivity index (χ3n) is 1.49. The minimum absolute atomic E-state index is 0.272. The van der Waals surface area contributed by atoms with E-state index >= 15 is 0 Å². The molecule has 1 nitrogen and oxygen atoms in total. The van der Waals surface area contributed by atoms with Gasteiger partial charge in [0.05, 0.1) is 0 Å². The van der Waals surface area contributed by atoms with Crippen molar-refractivity contribution < 1.29 is 4.74 Å². The molecule has 0 radical (unpaired) electrons.